The molecule has 4 aliphatic carbocycles. The topological polar surface area (TPSA) is 72.8 Å². The second-order valence-corrected chi connectivity index (χ2v) is 14.4. The number of hydrogen-bond acceptors (Lipinski definition) is 5. The Kier molecular flexibility index (Phi) is 7.17. The molecule has 5 nitrogen and oxygen atoms in total. The smallest absolute Gasteiger partial charge is 0.302 e. The molecule has 12 atom stereocenters. The molecule has 0 aromatic heterocycles. The van der Waals surface area contributed by atoms with Crippen molar-refractivity contribution in [2.45, 2.75) is 137 Å². The minimum absolute atomic E-state index is 0.118. The minimum atomic E-state index is -1.44. The summed E-state index contributed by atoms with van der Waals surface area (Å²) in [5.41, 5.74) is -1.76. The Balaban J connectivity index is 1.39. The Hall–Kier alpha value is -0.940. The number of fused-ring (bicyclic) bond motifs is 2. The van der Waals surface area contributed by atoms with Gasteiger partial charge in [0.1, 0.15) is 17.8 Å². The molecule has 6 fully saturated rings. The van der Waals surface area contributed by atoms with Crippen molar-refractivity contribution < 1.29 is 24.2 Å². The third-order valence-corrected chi connectivity index (χ3v) is 12.8. The van der Waals surface area contributed by atoms with Crippen LogP contribution in [0.15, 0.2) is 0 Å². The summed E-state index contributed by atoms with van der Waals surface area (Å²) >= 11 is 0. The molecule has 2 aliphatic heterocycles. The molecule has 4 saturated carbocycles. The van der Waals surface area contributed by atoms with Gasteiger partial charge in [-0.2, -0.15) is 0 Å². The maximum Gasteiger partial charge on any atom is 0.302 e. The molecular formula is C32H52O5. The van der Waals surface area contributed by atoms with Crippen molar-refractivity contribution in [2.75, 3.05) is 0 Å². The molecule has 2 bridgehead atoms. The van der Waals surface area contributed by atoms with Crippen LogP contribution in [0, 0.1) is 52.3 Å². The Morgan fingerprint density at radius 3 is 2.49 bits per heavy atom. The average Bonchev–Trinajstić information content (AvgIpc) is 3.18. The zero-order valence-electron chi connectivity index (χ0n) is 24.4. The molecule has 0 aromatic rings. The predicted molar refractivity (Wildman–Crippen MR) is 144 cm³/mol. The van der Waals surface area contributed by atoms with Crippen LogP contribution in [-0.2, 0) is 19.1 Å². The van der Waals surface area contributed by atoms with E-state index >= 15 is 0 Å². The molecule has 6 rings (SSSR count). The highest BCUT2D eigenvalue weighted by Crippen LogP contribution is 2.72. The molecule has 0 radical (unpaired) electrons. The number of esters is 1. The van der Waals surface area contributed by atoms with Gasteiger partial charge in [0.25, 0.3) is 0 Å². The van der Waals surface area contributed by atoms with Crippen molar-refractivity contribution in [3.8, 4) is 0 Å². The Morgan fingerprint density at radius 1 is 1.11 bits per heavy atom. The van der Waals surface area contributed by atoms with Gasteiger partial charge in [0.2, 0.25) is 0 Å². The first kappa shape index (κ1) is 27.6. The van der Waals surface area contributed by atoms with Crippen LogP contribution in [0.5, 0.6) is 0 Å². The molecular weight excluding hydrogens is 464 g/mol. The predicted octanol–water partition coefficient (Wildman–Crippen LogP) is 6.35. The number of ether oxygens (including phenoxy) is 2. The Labute approximate surface area is 224 Å². The highest BCUT2D eigenvalue weighted by Gasteiger charge is 2.77. The van der Waals surface area contributed by atoms with E-state index in [1.807, 2.05) is 0 Å². The van der Waals surface area contributed by atoms with Crippen LogP contribution in [-0.4, -0.2) is 40.8 Å². The molecule has 2 heterocycles. The maximum atomic E-state index is 14.0. The number of hydrogen-bond donors (Lipinski definition) is 1. The SMILES string of the molecule is CC[C@H](CC[C@@H](C)[C@H]1CC[C@H]2[C@@H]3C4O[C@H](C)C5(CC[C@H](OC(C)=O)C[C@]5(O)C4=O)[C@H]3CC[C@]12C)C(C)C. The zero-order valence-corrected chi connectivity index (χ0v) is 24.4. The van der Waals surface area contributed by atoms with E-state index in [0.717, 1.165) is 18.3 Å². The van der Waals surface area contributed by atoms with Gasteiger partial charge in [-0.05, 0) is 98.7 Å². The molecule has 6 aliphatic rings. The van der Waals surface area contributed by atoms with Gasteiger partial charge < -0.3 is 14.6 Å². The van der Waals surface area contributed by atoms with Gasteiger partial charge in [-0.15, -0.1) is 0 Å². The first-order valence-electron chi connectivity index (χ1n) is 15.5. The van der Waals surface area contributed by atoms with E-state index in [1.54, 1.807) is 0 Å². The molecule has 2 unspecified atom stereocenters. The number of carbonyl (C=O) groups is 2. The van der Waals surface area contributed by atoms with Gasteiger partial charge in [0.05, 0.1) is 6.10 Å². The fraction of sp³-hybridized carbons (Fsp3) is 0.938. The van der Waals surface area contributed by atoms with Crippen LogP contribution < -0.4 is 0 Å². The largest absolute Gasteiger partial charge is 0.462 e. The summed E-state index contributed by atoms with van der Waals surface area (Å²) in [6.07, 6.45) is 9.15. The molecule has 0 amide bonds. The van der Waals surface area contributed by atoms with Gasteiger partial charge in [0, 0.05) is 18.8 Å². The Bertz CT molecular complexity index is 900. The molecule has 1 spiro atoms. The van der Waals surface area contributed by atoms with Gasteiger partial charge in [-0.3, -0.25) is 9.59 Å². The summed E-state index contributed by atoms with van der Waals surface area (Å²) < 4.78 is 12.1. The van der Waals surface area contributed by atoms with E-state index < -0.39 is 17.1 Å². The summed E-state index contributed by atoms with van der Waals surface area (Å²) in [6.45, 7) is 15.6. The van der Waals surface area contributed by atoms with E-state index in [1.165, 1.54) is 45.4 Å². The van der Waals surface area contributed by atoms with Crippen LogP contribution in [0.25, 0.3) is 0 Å². The molecule has 210 valence electrons. The van der Waals surface area contributed by atoms with E-state index in [9.17, 15) is 14.7 Å². The number of carbonyl (C=O) groups excluding carboxylic acids is 2. The van der Waals surface area contributed by atoms with E-state index in [4.69, 9.17) is 9.47 Å². The van der Waals surface area contributed by atoms with Crippen LogP contribution in [0.1, 0.15) is 113 Å². The van der Waals surface area contributed by atoms with Crippen LogP contribution in [0.2, 0.25) is 0 Å². The lowest BCUT2D eigenvalue weighted by atomic mass is 9.39. The van der Waals surface area contributed by atoms with E-state index in [2.05, 4.69) is 41.5 Å². The lowest BCUT2D eigenvalue weighted by molar-refractivity contribution is -0.320. The summed E-state index contributed by atoms with van der Waals surface area (Å²) in [4.78, 5) is 25.7. The second kappa shape index (κ2) is 9.61. The highest BCUT2D eigenvalue weighted by molar-refractivity contribution is 5.95. The van der Waals surface area contributed by atoms with Crippen molar-refractivity contribution in [1.29, 1.82) is 0 Å². The first-order chi connectivity index (χ1) is 17.4. The average molecular weight is 517 g/mol. The maximum absolute atomic E-state index is 14.0. The lowest BCUT2D eigenvalue weighted by Gasteiger charge is -2.70. The fourth-order valence-electron chi connectivity index (χ4n) is 11.0. The van der Waals surface area contributed by atoms with E-state index in [-0.39, 0.29) is 41.7 Å². The van der Waals surface area contributed by atoms with Crippen molar-refractivity contribution in [1.82, 2.24) is 0 Å². The van der Waals surface area contributed by atoms with Crippen molar-refractivity contribution >= 4 is 11.8 Å². The molecule has 0 aromatic carbocycles. The molecule has 37 heavy (non-hydrogen) atoms. The molecule has 2 saturated heterocycles. The van der Waals surface area contributed by atoms with E-state index in [0.29, 0.717) is 36.5 Å². The normalized spacial score (nSPS) is 48.2. The number of aliphatic hydroxyl groups is 1. The van der Waals surface area contributed by atoms with Gasteiger partial charge in [-0.1, -0.05) is 47.5 Å². The van der Waals surface area contributed by atoms with Crippen LogP contribution in [0.3, 0.4) is 0 Å². The second-order valence-electron chi connectivity index (χ2n) is 14.4. The summed E-state index contributed by atoms with van der Waals surface area (Å²) in [5.74, 6) is 3.51. The van der Waals surface area contributed by atoms with Gasteiger partial charge in [-0.25, -0.2) is 0 Å². The van der Waals surface area contributed by atoms with Crippen molar-refractivity contribution in [3.63, 3.8) is 0 Å². The van der Waals surface area contributed by atoms with Crippen molar-refractivity contribution in [3.05, 3.63) is 0 Å². The number of Topliss-reactive ketones (excluding diaryl/α,β-unsaturated/α-hetero) is 1. The summed E-state index contributed by atoms with van der Waals surface area (Å²) in [5, 5.41) is 12.1. The highest BCUT2D eigenvalue weighted by atomic mass is 16.5. The third kappa shape index (κ3) is 3.90. The molecule has 5 heteroatoms. The quantitative estimate of drug-likeness (QED) is 0.399. The first-order valence-corrected chi connectivity index (χ1v) is 15.5. The summed E-state index contributed by atoms with van der Waals surface area (Å²) in [7, 11) is 0. The summed E-state index contributed by atoms with van der Waals surface area (Å²) in [6, 6.07) is 0. The van der Waals surface area contributed by atoms with Crippen LogP contribution >= 0.6 is 0 Å². The lowest BCUT2D eigenvalue weighted by Crippen LogP contribution is -2.80. The van der Waals surface area contributed by atoms with Crippen LogP contribution in [0.4, 0.5) is 0 Å². The monoisotopic (exact) mass is 516 g/mol. The fourth-order valence-corrected chi connectivity index (χ4v) is 11.0. The number of ketones is 1. The third-order valence-electron chi connectivity index (χ3n) is 12.8. The van der Waals surface area contributed by atoms with Gasteiger partial charge >= 0.3 is 5.97 Å². The van der Waals surface area contributed by atoms with Crippen molar-refractivity contribution in [2.24, 2.45) is 52.3 Å². The standard InChI is InChI=1S/C32H52O5/c1-8-22(18(2)3)10-9-19(4)24-11-12-25-27-26(14-15-30(24,25)7)31-16-13-23(37-21(6)33)17-32(31,35)29(34)28(27)36-20(31)5/h18-20,22-28,35H,8-17H2,1-7H3/t19-,20-,22-,23+,24-,25+,26+,27+,28?,30-,31?,32+/m1/s1. The number of rotatable bonds is 7. The minimum Gasteiger partial charge on any atom is -0.462 e. The van der Waals surface area contributed by atoms with Gasteiger partial charge in [0.15, 0.2) is 5.78 Å². The molecule has 1 N–H and O–H groups in total. The Morgan fingerprint density at radius 2 is 1.84 bits per heavy atom. The zero-order chi connectivity index (χ0) is 26.9.